The number of nitrogens with one attached hydrogen (secondary N) is 1. The maximum Gasteiger partial charge on any atom is 0.134 e. The highest BCUT2D eigenvalue weighted by molar-refractivity contribution is 9.10. The van der Waals surface area contributed by atoms with Gasteiger partial charge in [0.1, 0.15) is 18.1 Å². The standard InChI is InChI=1S/C15H17BrN2O2/c1-17-8-11-3-4-12(18-9-11)10-20-15-6-5-13(19-2)7-14(15)16/h3-7,9,17H,8,10H2,1-2H3. The van der Waals surface area contributed by atoms with Crippen LogP contribution in [-0.2, 0) is 13.2 Å². The van der Waals surface area contributed by atoms with Crippen molar-refractivity contribution in [2.24, 2.45) is 0 Å². The largest absolute Gasteiger partial charge is 0.497 e. The van der Waals surface area contributed by atoms with Gasteiger partial charge in [-0.05, 0) is 52.8 Å². The van der Waals surface area contributed by atoms with Crippen molar-refractivity contribution in [3.05, 3.63) is 52.3 Å². The van der Waals surface area contributed by atoms with E-state index in [1.807, 2.05) is 43.6 Å². The quantitative estimate of drug-likeness (QED) is 0.879. The van der Waals surface area contributed by atoms with Crippen LogP contribution in [0.1, 0.15) is 11.3 Å². The zero-order chi connectivity index (χ0) is 14.4. The normalized spacial score (nSPS) is 10.3. The Morgan fingerprint density at radius 1 is 1.25 bits per heavy atom. The fraction of sp³-hybridized carbons (Fsp3) is 0.267. The van der Waals surface area contributed by atoms with Crippen molar-refractivity contribution in [3.63, 3.8) is 0 Å². The topological polar surface area (TPSA) is 43.4 Å². The summed E-state index contributed by atoms with van der Waals surface area (Å²) in [5.74, 6) is 1.56. The Morgan fingerprint density at radius 3 is 2.70 bits per heavy atom. The molecule has 0 aliphatic heterocycles. The number of hydrogen-bond acceptors (Lipinski definition) is 4. The molecule has 0 amide bonds. The highest BCUT2D eigenvalue weighted by atomic mass is 79.9. The van der Waals surface area contributed by atoms with Crippen molar-refractivity contribution in [3.8, 4) is 11.5 Å². The van der Waals surface area contributed by atoms with Gasteiger partial charge in [0.2, 0.25) is 0 Å². The first kappa shape index (κ1) is 14.8. The molecule has 0 saturated carbocycles. The minimum atomic E-state index is 0.435. The van der Waals surface area contributed by atoms with E-state index < -0.39 is 0 Å². The molecule has 0 aliphatic carbocycles. The molecule has 20 heavy (non-hydrogen) atoms. The first-order valence-corrected chi connectivity index (χ1v) is 7.07. The average molecular weight is 337 g/mol. The number of nitrogens with zero attached hydrogens (tertiary/aromatic N) is 1. The van der Waals surface area contributed by atoms with Crippen LogP contribution < -0.4 is 14.8 Å². The van der Waals surface area contributed by atoms with Gasteiger partial charge in [-0.15, -0.1) is 0 Å². The lowest BCUT2D eigenvalue weighted by atomic mass is 10.2. The molecule has 1 aromatic carbocycles. The second kappa shape index (κ2) is 7.26. The number of hydrogen-bond donors (Lipinski definition) is 1. The van der Waals surface area contributed by atoms with E-state index in [9.17, 15) is 0 Å². The maximum absolute atomic E-state index is 5.74. The van der Waals surface area contributed by atoms with Crippen molar-refractivity contribution in [1.29, 1.82) is 0 Å². The first-order valence-electron chi connectivity index (χ1n) is 6.27. The van der Waals surface area contributed by atoms with Crippen molar-refractivity contribution < 1.29 is 9.47 Å². The van der Waals surface area contributed by atoms with Gasteiger partial charge in [0.15, 0.2) is 0 Å². The summed E-state index contributed by atoms with van der Waals surface area (Å²) < 4.78 is 11.8. The fourth-order valence-electron chi connectivity index (χ4n) is 1.73. The van der Waals surface area contributed by atoms with Gasteiger partial charge in [0, 0.05) is 12.7 Å². The molecular weight excluding hydrogens is 320 g/mol. The van der Waals surface area contributed by atoms with Crippen LogP contribution in [0, 0.1) is 0 Å². The molecular formula is C15H17BrN2O2. The maximum atomic E-state index is 5.74. The Balaban J connectivity index is 1.97. The molecule has 0 unspecified atom stereocenters. The van der Waals surface area contributed by atoms with Crippen LogP contribution in [0.25, 0.3) is 0 Å². The Labute approximate surface area is 127 Å². The number of benzene rings is 1. The van der Waals surface area contributed by atoms with Gasteiger partial charge in [-0.2, -0.15) is 0 Å². The number of halogens is 1. The van der Waals surface area contributed by atoms with E-state index in [4.69, 9.17) is 9.47 Å². The summed E-state index contributed by atoms with van der Waals surface area (Å²) >= 11 is 3.46. The van der Waals surface area contributed by atoms with Crippen LogP contribution in [0.3, 0.4) is 0 Å². The van der Waals surface area contributed by atoms with Crippen LogP contribution in [0.5, 0.6) is 11.5 Å². The van der Waals surface area contributed by atoms with E-state index in [2.05, 4.69) is 26.2 Å². The smallest absolute Gasteiger partial charge is 0.134 e. The third-order valence-corrected chi connectivity index (χ3v) is 3.40. The second-order valence-electron chi connectivity index (χ2n) is 4.27. The predicted molar refractivity (Wildman–Crippen MR) is 82.0 cm³/mol. The zero-order valence-electron chi connectivity index (χ0n) is 11.5. The molecule has 2 rings (SSSR count). The number of pyridine rings is 1. The summed E-state index contributed by atoms with van der Waals surface area (Å²) in [7, 11) is 3.55. The van der Waals surface area contributed by atoms with Gasteiger partial charge < -0.3 is 14.8 Å². The second-order valence-corrected chi connectivity index (χ2v) is 5.13. The third kappa shape index (κ3) is 3.95. The van der Waals surface area contributed by atoms with E-state index in [1.54, 1.807) is 7.11 Å². The van der Waals surface area contributed by atoms with Gasteiger partial charge >= 0.3 is 0 Å². The molecule has 0 bridgehead atoms. The van der Waals surface area contributed by atoms with Gasteiger partial charge in [0.05, 0.1) is 17.3 Å². The van der Waals surface area contributed by atoms with Crippen molar-refractivity contribution in [2.45, 2.75) is 13.2 Å². The highest BCUT2D eigenvalue weighted by Gasteiger charge is 2.04. The number of methoxy groups -OCH3 is 1. The SMILES string of the molecule is CNCc1ccc(COc2ccc(OC)cc2Br)nc1. The summed E-state index contributed by atoms with van der Waals surface area (Å²) in [5.41, 5.74) is 2.05. The van der Waals surface area contributed by atoms with Crippen molar-refractivity contribution in [1.82, 2.24) is 10.3 Å². The van der Waals surface area contributed by atoms with Crippen LogP contribution in [0.2, 0.25) is 0 Å². The molecule has 0 aliphatic rings. The van der Waals surface area contributed by atoms with E-state index in [0.717, 1.165) is 33.8 Å². The van der Waals surface area contributed by atoms with Gasteiger partial charge in [-0.1, -0.05) is 6.07 Å². The van der Waals surface area contributed by atoms with Crippen LogP contribution in [0.15, 0.2) is 41.0 Å². The molecule has 1 aromatic heterocycles. The van der Waals surface area contributed by atoms with Crippen LogP contribution in [0.4, 0.5) is 0 Å². The third-order valence-electron chi connectivity index (χ3n) is 2.78. The van der Waals surface area contributed by atoms with Crippen LogP contribution >= 0.6 is 15.9 Å². The van der Waals surface area contributed by atoms with Gasteiger partial charge in [-0.3, -0.25) is 4.98 Å². The monoisotopic (exact) mass is 336 g/mol. The number of ether oxygens (including phenoxy) is 2. The molecule has 1 N–H and O–H groups in total. The van der Waals surface area contributed by atoms with Crippen molar-refractivity contribution >= 4 is 15.9 Å². The van der Waals surface area contributed by atoms with Gasteiger partial charge in [-0.25, -0.2) is 0 Å². The molecule has 5 heteroatoms. The van der Waals surface area contributed by atoms with E-state index in [0.29, 0.717) is 6.61 Å². The minimum absolute atomic E-state index is 0.435. The molecule has 0 fully saturated rings. The molecule has 0 radical (unpaired) electrons. The lowest BCUT2D eigenvalue weighted by Gasteiger charge is -2.09. The average Bonchev–Trinajstić information content (AvgIpc) is 2.48. The van der Waals surface area contributed by atoms with E-state index in [-0.39, 0.29) is 0 Å². The molecule has 1 heterocycles. The summed E-state index contributed by atoms with van der Waals surface area (Å²) in [6.45, 7) is 1.25. The van der Waals surface area contributed by atoms with Crippen molar-refractivity contribution in [2.75, 3.05) is 14.2 Å². The highest BCUT2D eigenvalue weighted by Crippen LogP contribution is 2.29. The first-order chi connectivity index (χ1) is 9.72. The van der Waals surface area contributed by atoms with E-state index in [1.165, 1.54) is 0 Å². The zero-order valence-corrected chi connectivity index (χ0v) is 13.1. The molecule has 4 nitrogen and oxygen atoms in total. The summed E-state index contributed by atoms with van der Waals surface area (Å²) in [5, 5.41) is 3.09. The Hall–Kier alpha value is -1.59. The molecule has 0 atom stereocenters. The summed E-state index contributed by atoms with van der Waals surface area (Å²) in [6, 6.07) is 9.63. The van der Waals surface area contributed by atoms with Crippen LogP contribution in [-0.4, -0.2) is 19.1 Å². The molecule has 0 saturated heterocycles. The summed E-state index contributed by atoms with van der Waals surface area (Å²) in [4.78, 5) is 4.37. The number of rotatable bonds is 6. The molecule has 2 aromatic rings. The molecule has 106 valence electrons. The van der Waals surface area contributed by atoms with E-state index >= 15 is 0 Å². The Bertz CT molecular complexity index is 558. The summed E-state index contributed by atoms with van der Waals surface area (Å²) in [6.07, 6.45) is 1.86. The van der Waals surface area contributed by atoms with Gasteiger partial charge in [0.25, 0.3) is 0 Å². The minimum Gasteiger partial charge on any atom is -0.497 e. The Kier molecular flexibility index (Phi) is 5.38. The predicted octanol–water partition coefficient (Wildman–Crippen LogP) is 3.15. The lowest BCUT2D eigenvalue weighted by Crippen LogP contribution is -2.06. The number of aromatic nitrogens is 1. The fourth-order valence-corrected chi connectivity index (χ4v) is 2.20. The lowest BCUT2D eigenvalue weighted by molar-refractivity contribution is 0.298. The molecule has 0 spiro atoms. The Morgan fingerprint density at radius 2 is 2.10 bits per heavy atom.